The van der Waals surface area contributed by atoms with Crippen LogP contribution in [0.3, 0.4) is 0 Å². The molecule has 2 aromatic rings. The number of sulfonamides is 1. The number of hydrogen-bond donors (Lipinski definition) is 2. The molecule has 0 aromatic carbocycles. The van der Waals surface area contributed by atoms with Gasteiger partial charge in [-0.1, -0.05) is 0 Å². The lowest BCUT2D eigenvalue weighted by Gasteiger charge is -2.44. The fourth-order valence-electron chi connectivity index (χ4n) is 5.67. The average Bonchev–Trinajstić information content (AvgIpc) is 3.11. The Hall–Kier alpha value is -2.08. The van der Waals surface area contributed by atoms with Gasteiger partial charge in [-0.05, 0) is 58.9 Å². The Balaban J connectivity index is 1.28. The number of rotatable bonds is 6. The number of aliphatic hydroxyl groups is 1. The Morgan fingerprint density at radius 2 is 1.89 bits per heavy atom. The predicted molar refractivity (Wildman–Crippen MR) is 135 cm³/mol. The van der Waals surface area contributed by atoms with Crippen LogP contribution >= 0.6 is 0 Å². The second kappa shape index (κ2) is 9.10. The van der Waals surface area contributed by atoms with E-state index < -0.39 is 15.6 Å². The van der Waals surface area contributed by atoms with Gasteiger partial charge in [0, 0.05) is 55.9 Å². The van der Waals surface area contributed by atoms with Crippen molar-refractivity contribution in [2.24, 2.45) is 0 Å². The first-order valence-electron chi connectivity index (χ1n) is 12.7. The van der Waals surface area contributed by atoms with Gasteiger partial charge in [0.05, 0.1) is 11.6 Å². The fourth-order valence-corrected chi connectivity index (χ4v) is 7.58. The third kappa shape index (κ3) is 4.59. The number of nitrogens with one attached hydrogen (secondary N) is 1. The lowest BCUT2D eigenvalue weighted by molar-refractivity contribution is 0.0267. The second-order valence-electron chi connectivity index (χ2n) is 10.8. The number of likely N-dealkylation sites (tertiary alicyclic amines) is 1. The van der Waals surface area contributed by atoms with E-state index in [4.69, 9.17) is 0 Å². The minimum Gasteiger partial charge on any atom is -0.388 e. The molecule has 3 fully saturated rings. The average molecular weight is 505 g/mol. The van der Waals surface area contributed by atoms with Crippen LogP contribution in [0.5, 0.6) is 0 Å². The van der Waals surface area contributed by atoms with Gasteiger partial charge in [-0.15, -0.1) is 0 Å². The van der Waals surface area contributed by atoms with Gasteiger partial charge in [0.2, 0.25) is 16.0 Å². The van der Waals surface area contributed by atoms with Gasteiger partial charge in [-0.2, -0.15) is 4.98 Å². The highest BCUT2D eigenvalue weighted by atomic mass is 32.2. The molecule has 0 unspecified atom stereocenters. The molecule has 2 atom stereocenters. The largest absolute Gasteiger partial charge is 0.388 e. The molecule has 11 heteroatoms. The Kier molecular flexibility index (Phi) is 6.40. The molecule has 0 amide bonds. The van der Waals surface area contributed by atoms with Gasteiger partial charge < -0.3 is 10.4 Å². The zero-order valence-corrected chi connectivity index (χ0v) is 21.5. The molecule has 10 nitrogen and oxygen atoms in total. The van der Waals surface area contributed by atoms with E-state index >= 15 is 0 Å². The summed E-state index contributed by atoms with van der Waals surface area (Å²) >= 11 is 0. The molecule has 2 aliphatic heterocycles. The van der Waals surface area contributed by atoms with Crippen LogP contribution in [-0.4, -0.2) is 86.4 Å². The van der Waals surface area contributed by atoms with Crippen molar-refractivity contribution in [2.75, 3.05) is 31.5 Å². The zero-order chi connectivity index (χ0) is 25.0. The van der Waals surface area contributed by atoms with Gasteiger partial charge in [-0.25, -0.2) is 17.7 Å². The first-order chi connectivity index (χ1) is 16.6. The summed E-state index contributed by atoms with van der Waals surface area (Å²) in [6.07, 6.45) is 5.26. The summed E-state index contributed by atoms with van der Waals surface area (Å²) in [7, 11) is -3.28. The molecule has 35 heavy (non-hydrogen) atoms. The van der Waals surface area contributed by atoms with Gasteiger partial charge in [-0.3, -0.25) is 14.3 Å². The molecule has 0 radical (unpaired) electrons. The van der Waals surface area contributed by atoms with Crippen LogP contribution < -0.4 is 10.9 Å². The maximum atomic E-state index is 13.0. The highest BCUT2D eigenvalue weighted by Crippen LogP contribution is 2.39. The minimum absolute atomic E-state index is 0.0472. The summed E-state index contributed by atoms with van der Waals surface area (Å²) in [5, 5.41) is 14.6. The van der Waals surface area contributed by atoms with Crippen molar-refractivity contribution in [3.63, 3.8) is 0 Å². The molecular formula is C24H36N6O4S. The maximum absolute atomic E-state index is 13.0. The Labute approximate surface area is 206 Å². The number of hydrogen-bond acceptors (Lipinski definition) is 8. The highest BCUT2D eigenvalue weighted by Gasteiger charge is 2.42. The molecule has 5 rings (SSSR count). The standard InChI is InChI=1S/C24H36N6O4S/c1-16(2)28-14-19(15-28)35(33,34)29-11-8-18(9-12-29)26-23-25-13-17-6-7-21(31)30(22(17)27-23)20-5-4-10-24(20,3)32/h6-7,13,16,18-20,32H,4-5,8-12,14-15H2,1-3H3,(H,25,26,27)/t20-,24-/m1/s1. The number of fused-ring (bicyclic) bond motifs is 1. The predicted octanol–water partition coefficient (Wildman–Crippen LogP) is 1.57. The van der Waals surface area contributed by atoms with Crippen molar-refractivity contribution in [3.8, 4) is 0 Å². The van der Waals surface area contributed by atoms with Crippen LogP contribution in [-0.2, 0) is 10.0 Å². The number of pyridine rings is 1. The van der Waals surface area contributed by atoms with Gasteiger partial charge in [0.15, 0.2) is 0 Å². The van der Waals surface area contributed by atoms with Crippen LogP contribution in [0.1, 0.15) is 58.9 Å². The molecule has 4 heterocycles. The molecule has 2 saturated heterocycles. The molecular weight excluding hydrogens is 468 g/mol. The smallest absolute Gasteiger partial charge is 0.252 e. The Bertz CT molecular complexity index is 1250. The van der Waals surface area contributed by atoms with Crippen molar-refractivity contribution in [1.82, 2.24) is 23.7 Å². The topological polar surface area (TPSA) is 121 Å². The van der Waals surface area contributed by atoms with Crippen molar-refractivity contribution in [3.05, 3.63) is 28.7 Å². The van der Waals surface area contributed by atoms with Gasteiger partial charge in [0.1, 0.15) is 10.9 Å². The van der Waals surface area contributed by atoms with Crippen LogP contribution in [0.4, 0.5) is 5.95 Å². The molecule has 0 bridgehead atoms. The van der Waals surface area contributed by atoms with Gasteiger partial charge >= 0.3 is 0 Å². The first kappa shape index (κ1) is 24.6. The number of anilines is 1. The second-order valence-corrected chi connectivity index (χ2v) is 13.0. The maximum Gasteiger partial charge on any atom is 0.252 e. The monoisotopic (exact) mass is 504 g/mol. The summed E-state index contributed by atoms with van der Waals surface area (Å²) in [6.45, 7) is 8.12. The van der Waals surface area contributed by atoms with Crippen molar-refractivity contribution < 1.29 is 13.5 Å². The highest BCUT2D eigenvalue weighted by molar-refractivity contribution is 7.89. The Morgan fingerprint density at radius 1 is 1.17 bits per heavy atom. The molecule has 1 saturated carbocycles. The van der Waals surface area contributed by atoms with E-state index in [1.807, 2.05) is 0 Å². The lowest BCUT2D eigenvalue weighted by atomic mass is 10.00. The summed E-state index contributed by atoms with van der Waals surface area (Å²) in [5.74, 6) is 0.419. The van der Waals surface area contributed by atoms with Crippen LogP contribution in [0.15, 0.2) is 23.1 Å². The van der Waals surface area contributed by atoms with E-state index in [2.05, 4.69) is 34.0 Å². The van der Waals surface area contributed by atoms with Crippen LogP contribution in [0.25, 0.3) is 11.0 Å². The van der Waals surface area contributed by atoms with E-state index in [1.165, 1.54) is 6.07 Å². The van der Waals surface area contributed by atoms with Crippen molar-refractivity contribution in [2.45, 2.75) is 81.9 Å². The third-order valence-corrected chi connectivity index (χ3v) is 10.3. The van der Waals surface area contributed by atoms with E-state index in [1.54, 1.807) is 28.1 Å². The van der Waals surface area contributed by atoms with Crippen LogP contribution in [0.2, 0.25) is 0 Å². The summed E-state index contributed by atoms with van der Waals surface area (Å²) < 4.78 is 29.2. The lowest BCUT2D eigenvalue weighted by Crippen LogP contribution is -2.61. The summed E-state index contributed by atoms with van der Waals surface area (Å²) in [5.41, 5.74) is -0.622. The number of piperidine rings is 1. The molecule has 3 aliphatic rings. The summed E-state index contributed by atoms with van der Waals surface area (Å²) in [4.78, 5) is 24.1. The Morgan fingerprint density at radius 3 is 2.51 bits per heavy atom. The zero-order valence-electron chi connectivity index (χ0n) is 20.7. The quantitative estimate of drug-likeness (QED) is 0.608. The molecule has 2 aromatic heterocycles. The molecule has 0 spiro atoms. The molecule has 1 aliphatic carbocycles. The SMILES string of the molecule is CC(C)N1CC(S(=O)(=O)N2CCC(Nc3ncc4ccc(=O)n([C@@H]5CCC[C@@]5(C)O)c4n3)CC2)C1. The normalized spacial score (nSPS) is 27.5. The third-order valence-electron chi connectivity index (χ3n) is 8.03. The summed E-state index contributed by atoms with van der Waals surface area (Å²) in [6, 6.07) is 3.31. The first-order valence-corrected chi connectivity index (χ1v) is 14.2. The molecule has 2 N–H and O–H groups in total. The van der Waals surface area contributed by atoms with Crippen molar-refractivity contribution >= 4 is 27.0 Å². The van der Waals surface area contributed by atoms with E-state index in [0.29, 0.717) is 63.1 Å². The van der Waals surface area contributed by atoms with Gasteiger partial charge in [0.25, 0.3) is 5.56 Å². The number of aromatic nitrogens is 3. The van der Waals surface area contributed by atoms with E-state index in [-0.39, 0.29) is 22.9 Å². The van der Waals surface area contributed by atoms with E-state index in [9.17, 15) is 18.3 Å². The fraction of sp³-hybridized carbons (Fsp3) is 0.708. The minimum atomic E-state index is -3.28. The number of nitrogens with zero attached hydrogens (tertiary/aromatic N) is 5. The van der Waals surface area contributed by atoms with Crippen molar-refractivity contribution in [1.29, 1.82) is 0 Å². The molecule has 192 valence electrons. The van der Waals surface area contributed by atoms with Crippen LogP contribution in [0, 0.1) is 0 Å². The van der Waals surface area contributed by atoms with E-state index in [0.717, 1.165) is 18.2 Å².